The lowest BCUT2D eigenvalue weighted by Gasteiger charge is -2.12. The van der Waals surface area contributed by atoms with Crippen molar-refractivity contribution in [1.82, 2.24) is 14.1 Å². The molecule has 0 bridgehead atoms. The molecule has 9 aromatic rings. The normalized spacial score (nSPS) is 11.6. The summed E-state index contributed by atoms with van der Waals surface area (Å²) in [5, 5.41) is 4.84. The zero-order chi connectivity index (χ0) is 29.0. The fourth-order valence-electron chi connectivity index (χ4n) is 6.83. The zero-order valence-electron chi connectivity index (χ0n) is 23.9. The van der Waals surface area contributed by atoms with Gasteiger partial charge in [-0.1, -0.05) is 103 Å². The minimum atomic E-state index is 0.960. The molecular formula is C41H27N3. The van der Waals surface area contributed by atoms with Crippen LogP contribution in [-0.4, -0.2) is 14.1 Å². The van der Waals surface area contributed by atoms with E-state index in [-0.39, 0.29) is 0 Å². The van der Waals surface area contributed by atoms with Crippen LogP contribution in [0.5, 0.6) is 0 Å². The maximum absolute atomic E-state index is 4.89. The van der Waals surface area contributed by atoms with Gasteiger partial charge in [0, 0.05) is 44.7 Å². The maximum Gasteiger partial charge on any atom is 0.145 e. The largest absolute Gasteiger partial charge is 0.309 e. The van der Waals surface area contributed by atoms with Crippen molar-refractivity contribution in [1.29, 1.82) is 0 Å². The van der Waals surface area contributed by atoms with Crippen LogP contribution < -0.4 is 0 Å². The van der Waals surface area contributed by atoms with E-state index in [1.54, 1.807) is 0 Å². The number of nitrogens with zero attached hydrogens (tertiary/aromatic N) is 3. The quantitative estimate of drug-likeness (QED) is 0.210. The first-order valence-electron chi connectivity index (χ1n) is 15.0. The molecule has 3 heterocycles. The van der Waals surface area contributed by atoms with Crippen LogP contribution in [0.15, 0.2) is 164 Å². The molecule has 6 aromatic carbocycles. The Morgan fingerprint density at radius 3 is 1.95 bits per heavy atom. The van der Waals surface area contributed by atoms with E-state index in [0.717, 1.165) is 27.9 Å². The van der Waals surface area contributed by atoms with Crippen LogP contribution in [0, 0.1) is 0 Å². The Hall–Kier alpha value is -5.93. The molecule has 0 saturated carbocycles. The molecule has 0 aliphatic heterocycles. The average Bonchev–Trinajstić information content (AvgIpc) is 3.62. The first-order chi connectivity index (χ1) is 21.8. The molecule has 3 heteroatoms. The molecule has 0 aliphatic carbocycles. The van der Waals surface area contributed by atoms with Crippen molar-refractivity contribution in [3.63, 3.8) is 0 Å². The first kappa shape index (κ1) is 24.6. The van der Waals surface area contributed by atoms with E-state index in [2.05, 4.69) is 161 Å². The Labute approximate surface area is 254 Å². The van der Waals surface area contributed by atoms with Gasteiger partial charge in [-0.15, -0.1) is 0 Å². The molecule has 44 heavy (non-hydrogen) atoms. The van der Waals surface area contributed by atoms with Gasteiger partial charge < -0.3 is 4.57 Å². The van der Waals surface area contributed by atoms with Gasteiger partial charge in [0.25, 0.3) is 0 Å². The summed E-state index contributed by atoms with van der Waals surface area (Å²) in [7, 11) is 0. The van der Waals surface area contributed by atoms with Crippen molar-refractivity contribution in [2.24, 2.45) is 0 Å². The summed E-state index contributed by atoms with van der Waals surface area (Å²) in [6.45, 7) is 0. The number of hydrogen-bond acceptors (Lipinski definition) is 1. The topological polar surface area (TPSA) is 22.8 Å². The van der Waals surface area contributed by atoms with Crippen LogP contribution in [0.2, 0.25) is 0 Å². The molecule has 206 valence electrons. The lowest BCUT2D eigenvalue weighted by Crippen LogP contribution is -1.96. The Balaban J connectivity index is 1.30. The van der Waals surface area contributed by atoms with Gasteiger partial charge in [-0.3, -0.25) is 4.57 Å². The Bertz CT molecular complexity index is 2480. The first-order valence-corrected chi connectivity index (χ1v) is 15.0. The van der Waals surface area contributed by atoms with Crippen LogP contribution in [0.25, 0.3) is 77.4 Å². The number of hydrogen-bond donors (Lipinski definition) is 0. The summed E-state index contributed by atoms with van der Waals surface area (Å²) in [5.41, 5.74) is 11.6. The summed E-state index contributed by atoms with van der Waals surface area (Å²) in [4.78, 5) is 4.89. The monoisotopic (exact) mass is 561 g/mol. The van der Waals surface area contributed by atoms with Crippen LogP contribution in [0.4, 0.5) is 0 Å². The Kier molecular flexibility index (Phi) is 5.50. The van der Waals surface area contributed by atoms with Gasteiger partial charge in [0.15, 0.2) is 0 Å². The van der Waals surface area contributed by atoms with Gasteiger partial charge in [-0.25, -0.2) is 4.98 Å². The highest BCUT2D eigenvalue weighted by Gasteiger charge is 2.19. The fourth-order valence-corrected chi connectivity index (χ4v) is 6.83. The Morgan fingerprint density at radius 2 is 1.07 bits per heavy atom. The standard InChI is InChI=1S/C41H27N3/c1-3-12-28(13-4-1)29-14-9-17-32(26-29)44-39-24-23-30(27-37(39)36-21-11-25-42-41(36)44)33-19-10-20-35-34-18-7-8-22-38(34)43(40(33)35)31-15-5-2-6-16-31/h1-27H. The van der Waals surface area contributed by atoms with Crippen LogP contribution in [0.3, 0.4) is 0 Å². The second-order valence-electron chi connectivity index (χ2n) is 11.2. The Morgan fingerprint density at radius 1 is 0.386 bits per heavy atom. The number of pyridine rings is 1. The number of benzene rings is 6. The van der Waals surface area contributed by atoms with Crippen molar-refractivity contribution in [2.75, 3.05) is 0 Å². The van der Waals surface area contributed by atoms with E-state index in [9.17, 15) is 0 Å². The van der Waals surface area contributed by atoms with Crippen molar-refractivity contribution >= 4 is 43.7 Å². The number of para-hydroxylation sites is 3. The molecule has 0 N–H and O–H groups in total. The molecule has 0 atom stereocenters. The molecular weight excluding hydrogens is 534 g/mol. The molecule has 0 saturated heterocycles. The molecule has 0 fully saturated rings. The molecule has 3 aromatic heterocycles. The third kappa shape index (κ3) is 3.73. The van der Waals surface area contributed by atoms with Gasteiger partial charge in [0.05, 0.1) is 16.6 Å². The SMILES string of the molecule is c1ccc(-c2cccc(-n3c4ccc(-c5cccc6c7ccccc7n(-c7ccccc7)c56)cc4c4cccnc43)c2)cc1. The lowest BCUT2D eigenvalue weighted by atomic mass is 10.00. The van der Waals surface area contributed by atoms with E-state index < -0.39 is 0 Å². The summed E-state index contributed by atoms with van der Waals surface area (Å²) in [5.74, 6) is 0. The molecule has 0 amide bonds. The summed E-state index contributed by atoms with van der Waals surface area (Å²) in [6, 6.07) is 56.4. The van der Waals surface area contributed by atoms with E-state index >= 15 is 0 Å². The second-order valence-corrected chi connectivity index (χ2v) is 11.2. The fraction of sp³-hybridized carbons (Fsp3) is 0. The van der Waals surface area contributed by atoms with Gasteiger partial charge in [-0.2, -0.15) is 0 Å². The minimum absolute atomic E-state index is 0.960. The second kappa shape index (κ2) is 9.82. The van der Waals surface area contributed by atoms with Gasteiger partial charge in [0.1, 0.15) is 5.65 Å². The van der Waals surface area contributed by atoms with Gasteiger partial charge in [-0.05, 0) is 71.3 Å². The van der Waals surface area contributed by atoms with E-state index in [1.807, 2.05) is 12.3 Å². The number of fused-ring (bicyclic) bond motifs is 6. The van der Waals surface area contributed by atoms with Crippen molar-refractivity contribution in [3.05, 3.63) is 164 Å². The smallest absolute Gasteiger partial charge is 0.145 e. The summed E-state index contributed by atoms with van der Waals surface area (Å²) < 4.78 is 4.70. The third-order valence-corrected chi connectivity index (χ3v) is 8.76. The van der Waals surface area contributed by atoms with E-state index in [1.165, 1.54) is 49.4 Å². The summed E-state index contributed by atoms with van der Waals surface area (Å²) >= 11 is 0. The zero-order valence-corrected chi connectivity index (χ0v) is 23.9. The number of aromatic nitrogens is 3. The molecule has 0 unspecified atom stereocenters. The van der Waals surface area contributed by atoms with Crippen LogP contribution >= 0.6 is 0 Å². The third-order valence-electron chi connectivity index (χ3n) is 8.76. The summed E-state index contributed by atoms with van der Waals surface area (Å²) in [6.07, 6.45) is 1.89. The molecule has 0 aliphatic rings. The molecule has 3 nitrogen and oxygen atoms in total. The number of rotatable bonds is 4. The molecule has 0 spiro atoms. The van der Waals surface area contributed by atoms with Crippen LogP contribution in [0.1, 0.15) is 0 Å². The van der Waals surface area contributed by atoms with E-state index in [0.29, 0.717) is 0 Å². The molecule has 9 rings (SSSR count). The highest BCUT2D eigenvalue weighted by molar-refractivity contribution is 6.15. The van der Waals surface area contributed by atoms with Crippen molar-refractivity contribution in [3.8, 4) is 33.6 Å². The van der Waals surface area contributed by atoms with E-state index in [4.69, 9.17) is 4.98 Å². The highest BCUT2D eigenvalue weighted by atomic mass is 15.0. The lowest BCUT2D eigenvalue weighted by molar-refractivity contribution is 1.14. The average molecular weight is 562 g/mol. The van der Waals surface area contributed by atoms with Crippen LogP contribution in [-0.2, 0) is 0 Å². The van der Waals surface area contributed by atoms with Crippen molar-refractivity contribution < 1.29 is 0 Å². The molecule has 0 radical (unpaired) electrons. The van der Waals surface area contributed by atoms with Gasteiger partial charge >= 0.3 is 0 Å². The maximum atomic E-state index is 4.89. The van der Waals surface area contributed by atoms with Gasteiger partial charge in [0.2, 0.25) is 0 Å². The van der Waals surface area contributed by atoms with Crippen molar-refractivity contribution in [2.45, 2.75) is 0 Å². The highest BCUT2D eigenvalue weighted by Crippen LogP contribution is 2.40. The predicted molar refractivity (Wildman–Crippen MR) is 184 cm³/mol. The minimum Gasteiger partial charge on any atom is -0.309 e. The predicted octanol–water partition coefficient (Wildman–Crippen LogP) is 10.6.